The van der Waals surface area contributed by atoms with Gasteiger partial charge in [-0.05, 0) is 44.5 Å². The number of hydrogen-bond donors (Lipinski definition) is 1. The molecule has 1 amide bonds. The fourth-order valence-electron chi connectivity index (χ4n) is 2.07. The monoisotopic (exact) mass is 411 g/mol. The number of amides is 1. The van der Waals surface area contributed by atoms with E-state index in [1.807, 2.05) is 26.0 Å². The summed E-state index contributed by atoms with van der Waals surface area (Å²) >= 11 is 4.70. The Morgan fingerprint density at radius 3 is 2.62 bits per heavy atom. The Bertz CT molecular complexity index is 772. The van der Waals surface area contributed by atoms with Crippen LogP contribution in [0.3, 0.4) is 0 Å². The van der Waals surface area contributed by atoms with Crippen molar-refractivity contribution in [3.05, 3.63) is 44.7 Å². The molecule has 0 radical (unpaired) electrons. The summed E-state index contributed by atoms with van der Waals surface area (Å²) < 4.78 is 11.3. The minimum absolute atomic E-state index is 0.332. The largest absolute Gasteiger partial charge is 0.481 e. The van der Waals surface area contributed by atoms with E-state index in [2.05, 4.69) is 21.2 Å². The Hall–Kier alpha value is -1.86. The molecule has 1 heterocycles. The number of anilines is 1. The number of rotatable bonds is 5. The van der Waals surface area contributed by atoms with Gasteiger partial charge in [0.25, 0.3) is 5.91 Å². The molecule has 7 heteroatoms. The summed E-state index contributed by atoms with van der Waals surface area (Å²) in [6, 6.07) is 7.25. The fraction of sp³-hybridized carbons (Fsp3) is 0.294. The van der Waals surface area contributed by atoms with Gasteiger partial charge >= 0.3 is 5.97 Å². The normalized spacial score (nSPS) is 11.7. The topological polar surface area (TPSA) is 64.6 Å². The average Bonchev–Trinajstić information content (AvgIpc) is 2.81. The first-order valence-corrected chi connectivity index (χ1v) is 8.85. The van der Waals surface area contributed by atoms with Crippen molar-refractivity contribution < 1.29 is 19.1 Å². The molecule has 1 aromatic heterocycles. The maximum atomic E-state index is 12.4. The lowest BCUT2D eigenvalue weighted by Crippen LogP contribution is -2.30. The van der Waals surface area contributed by atoms with E-state index in [9.17, 15) is 9.59 Å². The number of nitrogens with one attached hydrogen (secondary N) is 1. The molecule has 0 saturated heterocycles. The molecule has 1 atom stereocenters. The van der Waals surface area contributed by atoms with Gasteiger partial charge in [0.1, 0.15) is 10.8 Å². The molecule has 0 spiro atoms. The van der Waals surface area contributed by atoms with Crippen LogP contribution in [-0.4, -0.2) is 25.1 Å². The quantitative estimate of drug-likeness (QED) is 0.743. The molecule has 0 fully saturated rings. The van der Waals surface area contributed by atoms with Crippen LogP contribution in [0.4, 0.5) is 5.00 Å². The Balaban J connectivity index is 2.14. The maximum Gasteiger partial charge on any atom is 0.341 e. The van der Waals surface area contributed by atoms with Crippen molar-refractivity contribution >= 4 is 44.1 Å². The highest BCUT2D eigenvalue weighted by atomic mass is 79.9. The van der Waals surface area contributed by atoms with Crippen LogP contribution >= 0.6 is 27.3 Å². The van der Waals surface area contributed by atoms with Crippen molar-refractivity contribution in [1.29, 1.82) is 0 Å². The molecule has 1 unspecified atom stereocenters. The van der Waals surface area contributed by atoms with Crippen molar-refractivity contribution in [2.24, 2.45) is 0 Å². The summed E-state index contributed by atoms with van der Waals surface area (Å²) in [6.07, 6.45) is -0.715. The number of carbonyl (C=O) groups excluding carboxylic acids is 2. The minimum atomic E-state index is -0.715. The van der Waals surface area contributed by atoms with Crippen molar-refractivity contribution in [3.8, 4) is 5.75 Å². The van der Waals surface area contributed by atoms with Gasteiger partial charge in [-0.1, -0.05) is 22.0 Å². The summed E-state index contributed by atoms with van der Waals surface area (Å²) in [5.74, 6) is -0.215. The second kappa shape index (κ2) is 7.81. The van der Waals surface area contributed by atoms with Crippen LogP contribution in [0.5, 0.6) is 5.75 Å². The first-order chi connectivity index (χ1) is 11.3. The molecule has 2 rings (SSSR count). The maximum absolute atomic E-state index is 12.4. The number of thiophene rings is 1. The molecule has 0 bridgehead atoms. The molecular formula is C17H18BrNO4S. The third kappa shape index (κ3) is 4.15. The zero-order chi connectivity index (χ0) is 17.9. The molecule has 0 aliphatic carbocycles. The van der Waals surface area contributed by atoms with Crippen molar-refractivity contribution in [2.75, 3.05) is 12.4 Å². The van der Waals surface area contributed by atoms with Gasteiger partial charge < -0.3 is 14.8 Å². The van der Waals surface area contributed by atoms with Gasteiger partial charge in [0.2, 0.25) is 0 Å². The average molecular weight is 412 g/mol. The number of carbonyl (C=O) groups is 2. The van der Waals surface area contributed by atoms with Gasteiger partial charge in [0.05, 0.1) is 12.7 Å². The van der Waals surface area contributed by atoms with Crippen LogP contribution in [0.15, 0.2) is 28.7 Å². The Kier molecular flexibility index (Phi) is 6.01. The van der Waals surface area contributed by atoms with Gasteiger partial charge in [-0.3, -0.25) is 4.79 Å². The second-order valence-corrected chi connectivity index (χ2v) is 7.33. The van der Waals surface area contributed by atoms with E-state index in [4.69, 9.17) is 9.47 Å². The number of methoxy groups -OCH3 is 1. The highest BCUT2D eigenvalue weighted by Gasteiger charge is 2.24. The summed E-state index contributed by atoms with van der Waals surface area (Å²) in [7, 11) is 1.32. The standard InChI is InChI=1S/C17H18BrNO4S/c1-9-11(3)24-16(14(9)17(21)22-4)19-15(20)10(2)23-13-7-5-6-12(18)8-13/h5-8,10H,1-4H3,(H,19,20). The van der Waals surface area contributed by atoms with Crippen LogP contribution in [0.25, 0.3) is 0 Å². The molecule has 2 aromatic rings. The number of esters is 1. The van der Waals surface area contributed by atoms with Gasteiger partial charge in [0, 0.05) is 9.35 Å². The molecular weight excluding hydrogens is 394 g/mol. The van der Waals surface area contributed by atoms with Crippen LogP contribution in [0, 0.1) is 13.8 Å². The van der Waals surface area contributed by atoms with Gasteiger partial charge in [0.15, 0.2) is 6.10 Å². The summed E-state index contributed by atoms with van der Waals surface area (Å²) in [6.45, 7) is 5.38. The van der Waals surface area contributed by atoms with Crippen LogP contribution < -0.4 is 10.1 Å². The Morgan fingerprint density at radius 1 is 1.29 bits per heavy atom. The third-order valence-corrected chi connectivity index (χ3v) is 5.11. The van der Waals surface area contributed by atoms with E-state index in [-0.39, 0.29) is 5.91 Å². The van der Waals surface area contributed by atoms with E-state index in [0.717, 1.165) is 14.9 Å². The molecule has 5 nitrogen and oxygen atoms in total. The predicted molar refractivity (Wildman–Crippen MR) is 98.0 cm³/mol. The van der Waals surface area contributed by atoms with Crippen LogP contribution in [0.2, 0.25) is 0 Å². The van der Waals surface area contributed by atoms with Crippen LogP contribution in [-0.2, 0) is 9.53 Å². The number of hydrogen-bond acceptors (Lipinski definition) is 5. The van der Waals surface area contributed by atoms with Crippen molar-refractivity contribution in [1.82, 2.24) is 0 Å². The second-order valence-electron chi connectivity index (χ2n) is 5.19. The van der Waals surface area contributed by atoms with E-state index >= 15 is 0 Å². The van der Waals surface area contributed by atoms with E-state index < -0.39 is 12.1 Å². The van der Waals surface area contributed by atoms with Crippen LogP contribution in [0.1, 0.15) is 27.7 Å². The predicted octanol–water partition coefficient (Wildman–Crippen LogP) is 4.32. The molecule has 0 aliphatic rings. The Labute approximate surface area is 153 Å². The molecule has 1 N–H and O–H groups in total. The fourth-order valence-corrected chi connectivity index (χ4v) is 3.50. The van der Waals surface area contributed by atoms with Crippen molar-refractivity contribution in [3.63, 3.8) is 0 Å². The third-order valence-electron chi connectivity index (χ3n) is 3.49. The highest BCUT2D eigenvalue weighted by molar-refractivity contribution is 9.10. The molecule has 0 saturated carbocycles. The van der Waals surface area contributed by atoms with Crippen molar-refractivity contribution in [2.45, 2.75) is 26.9 Å². The lowest BCUT2D eigenvalue weighted by atomic mass is 10.1. The number of halogens is 1. The lowest BCUT2D eigenvalue weighted by molar-refractivity contribution is -0.122. The molecule has 0 aliphatic heterocycles. The SMILES string of the molecule is COC(=O)c1c(NC(=O)C(C)Oc2cccc(Br)c2)sc(C)c1C. The van der Waals surface area contributed by atoms with E-state index in [0.29, 0.717) is 16.3 Å². The number of benzene rings is 1. The van der Waals surface area contributed by atoms with E-state index in [1.54, 1.807) is 19.1 Å². The molecule has 128 valence electrons. The number of aryl methyl sites for hydroxylation is 1. The smallest absolute Gasteiger partial charge is 0.341 e. The van der Waals surface area contributed by atoms with Gasteiger partial charge in [-0.25, -0.2) is 4.79 Å². The first kappa shape index (κ1) is 18.5. The van der Waals surface area contributed by atoms with E-state index in [1.165, 1.54) is 18.4 Å². The first-order valence-electron chi connectivity index (χ1n) is 7.25. The summed E-state index contributed by atoms with van der Waals surface area (Å²) in [4.78, 5) is 25.3. The Morgan fingerprint density at radius 2 is 2.00 bits per heavy atom. The van der Waals surface area contributed by atoms with Gasteiger partial charge in [-0.2, -0.15) is 0 Å². The summed E-state index contributed by atoms with van der Waals surface area (Å²) in [5, 5.41) is 3.24. The highest BCUT2D eigenvalue weighted by Crippen LogP contribution is 2.33. The lowest BCUT2D eigenvalue weighted by Gasteiger charge is -2.15. The van der Waals surface area contributed by atoms with Gasteiger partial charge in [-0.15, -0.1) is 11.3 Å². The molecule has 1 aromatic carbocycles. The minimum Gasteiger partial charge on any atom is -0.481 e. The molecule has 24 heavy (non-hydrogen) atoms. The zero-order valence-corrected chi connectivity index (χ0v) is 16.2. The number of ether oxygens (including phenoxy) is 2. The summed E-state index contributed by atoms with van der Waals surface area (Å²) in [5.41, 5.74) is 1.20. The zero-order valence-electron chi connectivity index (χ0n) is 13.8.